The van der Waals surface area contributed by atoms with Crippen molar-refractivity contribution in [3.8, 4) is 0 Å². The number of nitro groups is 1. The van der Waals surface area contributed by atoms with E-state index in [-0.39, 0.29) is 11.5 Å². The molecule has 0 bridgehead atoms. The number of para-hydroxylation sites is 1. The first-order valence-corrected chi connectivity index (χ1v) is 8.35. The Bertz CT molecular complexity index is 987. The lowest BCUT2D eigenvalue weighted by Crippen LogP contribution is -2.09. The fourth-order valence-electron chi connectivity index (χ4n) is 2.14. The number of alkyl halides is 3. The largest absolute Gasteiger partial charge is 0.269 e. The van der Waals surface area contributed by atoms with Gasteiger partial charge in [-0.1, -0.05) is 46.9 Å². The summed E-state index contributed by atoms with van der Waals surface area (Å²) in [7, 11) is 0. The molecular formula is C16H10Cl3N5O2. The average Bonchev–Trinajstić information content (AvgIpc) is 2.61. The van der Waals surface area contributed by atoms with Crippen molar-refractivity contribution in [3.05, 3.63) is 70.0 Å². The van der Waals surface area contributed by atoms with Gasteiger partial charge in [0, 0.05) is 17.5 Å². The third kappa shape index (κ3) is 4.19. The van der Waals surface area contributed by atoms with Crippen LogP contribution in [0.15, 0.2) is 53.6 Å². The van der Waals surface area contributed by atoms with Crippen LogP contribution in [0.25, 0.3) is 10.9 Å². The minimum Gasteiger partial charge on any atom is -0.261 e. The van der Waals surface area contributed by atoms with Crippen molar-refractivity contribution in [2.45, 2.75) is 3.79 Å². The lowest BCUT2D eigenvalue weighted by Gasteiger charge is -2.12. The molecule has 0 saturated carbocycles. The first-order chi connectivity index (χ1) is 12.3. The number of anilines is 1. The van der Waals surface area contributed by atoms with Gasteiger partial charge in [0.1, 0.15) is 0 Å². The summed E-state index contributed by atoms with van der Waals surface area (Å²) >= 11 is 17.7. The highest BCUT2D eigenvalue weighted by Crippen LogP contribution is 2.37. The number of nitrogens with zero attached hydrogens (tertiary/aromatic N) is 4. The van der Waals surface area contributed by atoms with Gasteiger partial charge < -0.3 is 0 Å². The molecule has 7 nitrogen and oxygen atoms in total. The fourth-order valence-corrected chi connectivity index (χ4v) is 2.39. The Labute approximate surface area is 162 Å². The number of nitro benzene ring substituents is 1. The maximum Gasteiger partial charge on any atom is 0.269 e. The van der Waals surface area contributed by atoms with E-state index >= 15 is 0 Å². The van der Waals surface area contributed by atoms with Crippen LogP contribution in [0, 0.1) is 10.1 Å². The molecule has 0 unspecified atom stereocenters. The van der Waals surface area contributed by atoms with Gasteiger partial charge in [0.2, 0.25) is 3.79 Å². The van der Waals surface area contributed by atoms with Crippen LogP contribution in [0.5, 0.6) is 0 Å². The lowest BCUT2D eigenvalue weighted by molar-refractivity contribution is -0.384. The normalized spacial score (nSPS) is 11.8. The molecule has 132 valence electrons. The van der Waals surface area contributed by atoms with E-state index < -0.39 is 8.72 Å². The van der Waals surface area contributed by atoms with E-state index in [0.717, 1.165) is 0 Å². The van der Waals surface area contributed by atoms with E-state index in [4.69, 9.17) is 34.8 Å². The molecule has 10 heteroatoms. The summed E-state index contributed by atoms with van der Waals surface area (Å²) in [4.78, 5) is 18.7. The number of nitrogens with one attached hydrogen (secondary N) is 1. The standard InChI is InChI=1S/C16H10Cl3N5O2/c17-16(18,19)15-21-13-4-2-1-3-12(13)14(22-15)23-20-9-10-5-7-11(8-6-10)24(25)26/h1-9H,(H,21,22,23)/b20-9-. The maximum atomic E-state index is 10.7. The van der Waals surface area contributed by atoms with E-state index in [0.29, 0.717) is 22.3 Å². The van der Waals surface area contributed by atoms with Crippen molar-refractivity contribution < 1.29 is 4.92 Å². The van der Waals surface area contributed by atoms with Gasteiger partial charge in [0.05, 0.1) is 16.7 Å². The number of fused-ring (bicyclic) bond motifs is 1. The summed E-state index contributed by atoms with van der Waals surface area (Å²) in [5.41, 5.74) is 4.06. The first kappa shape index (κ1) is 18.3. The molecule has 3 rings (SSSR count). The van der Waals surface area contributed by atoms with Gasteiger partial charge in [0.15, 0.2) is 11.6 Å². The van der Waals surface area contributed by atoms with Crippen molar-refractivity contribution in [1.82, 2.24) is 9.97 Å². The predicted molar refractivity (Wildman–Crippen MR) is 103 cm³/mol. The Morgan fingerprint density at radius 2 is 1.77 bits per heavy atom. The van der Waals surface area contributed by atoms with Gasteiger partial charge in [-0.15, -0.1) is 0 Å². The number of rotatable bonds is 4. The summed E-state index contributed by atoms with van der Waals surface area (Å²) in [5, 5.41) is 15.5. The summed E-state index contributed by atoms with van der Waals surface area (Å²) in [6.07, 6.45) is 1.50. The highest BCUT2D eigenvalue weighted by molar-refractivity contribution is 6.66. The summed E-state index contributed by atoms with van der Waals surface area (Å²) in [5.74, 6) is 0.393. The summed E-state index contributed by atoms with van der Waals surface area (Å²) < 4.78 is -1.78. The number of hydrazone groups is 1. The van der Waals surface area contributed by atoms with Gasteiger partial charge in [0.25, 0.3) is 5.69 Å². The zero-order valence-electron chi connectivity index (χ0n) is 12.9. The number of hydrogen-bond donors (Lipinski definition) is 1. The molecule has 0 saturated heterocycles. The fraction of sp³-hybridized carbons (Fsp3) is 0.0625. The van der Waals surface area contributed by atoms with E-state index in [1.165, 1.54) is 18.3 Å². The number of hydrogen-bond acceptors (Lipinski definition) is 6. The maximum absolute atomic E-state index is 10.7. The molecule has 0 aliphatic heterocycles. The zero-order valence-corrected chi connectivity index (χ0v) is 15.2. The molecule has 0 fully saturated rings. The lowest BCUT2D eigenvalue weighted by atomic mass is 10.2. The molecule has 0 radical (unpaired) electrons. The number of non-ortho nitro benzene ring substituents is 1. The Kier molecular flexibility index (Phi) is 5.22. The average molecular weight is 411 g/mol. The Morgan fingerprint density at radius 1 is 1.08 bits per heavy atom. The van der Waals surface area contributed by atoms with Crippen molar-refractivity contribution in [3.63, 3.8) is 0 Å². The van der Waals surface area contributed by atoms with E-state index in [9.17, 15) is 10.1 Å². The van der Waals surface area contributed by atoms with E-state index in [1.54, 1.807) is 30.3 Å². The second-order valence-corrected chi connectivity index (χ2v) is 7.41. The minimum absolute atomic E-state index is 0.00391. The molecule has 1 aromatic heterocycles. The zero-order chi connectivity index (χ0) is 18.7. The van der Waals surface area contributed by atoms with Crippen LogP contribution in [-0.4, -0.2) is 21.1 Å². The van der Waals surface area contributed by atoms with E-state index in [2.05, 4.69) is 20.5 Å². The van der Waals surface area contributed by atoms with Crippen LogP contribution < -0.4 is 5.43 Å². The second kappa shape index (κ2) is 7.41. The van der Waals surface area contributed by atoms with Crippen molar-refractivity contribution >= 4 is 63.4 Å². The Morgan fingerprint density at radius 3 is 2.42 bits per heavy atom. The molecule has 1 heterocycles. The number of halogens is 3. The Balaban J connectivity index is 1.89. The Hall–Kier alpha value is -2.48. The third-order valence-electron chi connectivity index (χ3n) is 3.34. The van der Waals surface area contributed by atoms with E-state index in [1.807, 2.05) is 6.07 Å². The highest BCUT2D eigenvalue weighted by Gasteiger charge is 2.28. The van der Waals surface area contributed by atoms with Gasteiger partial charge in [-0.3, -0.25) is 15.5 Å². The molecule has 0 atom stereocenters. The molecule has 2 aromatic carbocycles. The molecule has 0 aliphatic rings. The minimum atomic E-state index is -1.78. The van der Waals surface area contributed by atoms with Crippen LogP contribution >= 0.6 is 34.8 Å². The molecule has 0 amide bonds. The topological polar surface area (TPSA) is 93.3 Å². The van der Waals surface area contributed by atoms with Crippen molar-refractivity contribution in [2.75, 3.05) is 5.43 Å². The molecule has 26 heavy (non-hydrogen) atoms. The van der Waals surface area contributed by atoms with Crippen LogP contribution in [0.3, 0.4) is 0 Å². The smallest absolute Gasteiger partial charge is 0.261 e. The van der Waals surface area contributed by atoms with Gasteiger partial charge in [-0.2, -0.15) is 5.10 Å². The molecule has 1 N–H and O–H groups in total. The van der Waals surface area contributed by atoms with Crippen LogP contribution in [0.4, 0.5) is 11.5 Å². The number of aromatic nitrogens is 2. The first-order valence-electron chi connectivity index (χ1n) is 7.22. The van der Waals surface area contributed by atoms with Gasteiger partial charge in [-0.05, 0) is 29.8 Å². The molecule has 0 spiro atoms. The SMILES string of the molecule is O=[N+]([O-])c1ccc(/C=N\Nc2nc(C(Cl)(Cl)Cl)nc3ccccc23)cc1. The van der Waals surface area contributed by atoms with Crippen molar-refractivity contribution in [1.29, 1.82) is 0 Å². The predicted octanol–water partition coefficient (Wildman–Crippen LogP) is 4.81. The van der Waals surface area contributed by atoms with Crippen molar-refractivity contribution in [2.24, 2.45) is 5.10 Å². The van der Waals surface area contributed by atoms with Gasteiger partial charge in [-0.25, -0.2) is 9.97 Å². The van der Waals surface area contributed by atoms with Crippen LogP contribution in [0.1, 0.15) is 11.4 Å². The molecule has 0 aliphatic carbocycles. The quantitative estimate of drug-likeness (QED) is 0.288. The monoisotopic (exact) mass is 409 g/mol. The summed E-state index contributed by atoms with van der Waals surface area (Å²) in [6.45, 7) is 0. The summed E-state index contributed by atoms with van der Waals surface area (Å²) in [6, 6.07) is 13.1. The molecular weight excluding hydrogens is 401 g/mol. The van der Waals surface area contributed by atoms with Gasteiger partial charge >= 0.3 is 0 Å². The van der Waals surface area contributed by atoms with Crippen LogP contribution in [-0.2, 0) is 3.79 Å². The molecule has 3 aromatic rings. The number of benzene rings is 2. The second-order valence-electron chi connectivity index (χ2n) is 5.13. The third-order valence-corrected chi connectivity index (χ3v) is 3.85. The van der Waals surface area contributed by atoms with Crippen LogP contribution in [0.2, 0.25) is 0 Å². The highest BCUT2D eigenvalue weighted by atomic mass is 35.6.